The predicted molar refractivity (Wildman–Crippen MR) is 90.3 cm³/mol. The number of benzene rings is 1. The van der Waals surface area contributed by atoms with Crippen molar-refractivity contribution in [2.24, 2.45) is 5.73 Å². The smallest absolute Gasteiger partial charge is 0.166 e. The molecule has 21 heavy (non-hydrogen) atoms. The highest BCUT2D eigenvalue weighted by molar-refractivity contribution is 8.01. The molecule has 0 bridgehead atoms. The summed E-state index contributed by atoms with van der Waals surface area (Å²) >= 11 is 1.71. The summed E-state index contributed by atoms with van der Waals surface area (Å²) in [6.07, 6.45) is 0. The minimum atomic E-state index is -3.06. The minimum absolute atomic E-state index is 0.150. The lowest BCUT2D eigenvalue weighted by Gasteiger charge is -2.36. The maximum absolute atomic E-state index is 12.2. The topological polar surface area (TPSA) is 63.4 Å². The minimum Gasteiger partial charge on any atom is -0.323 e. The zero-order chi connectivity index (χ0) is 15.5. The van der Waals surface area contributed by atoms with E-state index >= 15 is 0 Å². The molecule has 4 nitrogen and oxygen atoms in total. The largest absolute Gasteiger partial charge is 0.323 e. The Morgan fingerprint density at radius 2 is 2.05 bits per heavy atom. The van der Waals surface area contributed by atoms with Crippen LogP contribution < -0.4 is 5.73 Å². The Morgan fingerprint density at radius 3 is 2.67 bits per heavy atom. The van der Waals surface area contributed by atoms with E-state index in [0.717, 1.165) is 17.9 Å². The highest BCUT2D eigenvalue weighted by Crippen LogP contribution is 2.24. The highest BCUT2D eigenvalue weighted by Gasteiger charge is 2.33. The van der Waals surface area contributed by atoms with Gasteiger partial charge < -0.3 is 5.73 Å². The third-order valence-corrected chi connectivity index (χ3v) is 7.28. The summed E-state index contributed by atoms with van der Waals surface area (Å²) in [5.41, 5.74) is 8.54. The van der Waals surface area contributed by atoms with E-state index in [2.05, 4.69) is 0 Å². The van der Waals surface area contributed by atoms with E-state index in [1.165, 1.54) is 5.56 Å². The maximum atomic E-state index is 12.2. The Kier molecular flexibility index (Phi) is 5.71. The van der Waals surface area contributed by atoms with E-state index in [-0.39, 0.29) is 11.8 Å². The molecule has 0 amide bonds. The molecule has 0 spiro atoms. The lowest BCUT2D eigenvalue weighted by molar-refractivity contribution is 0.254. The van der Waals surface area contributed by atoms with Gasteiger partial charge in [0.15, 0.2) is 9.84 Å². The molecule has 1 aromatic rings. The van der Waals surface area contributed by atoms with Gasteiger partial charge in [-0.15, -0.1) is 0 Å². The quantitative estimate of drug-likeness (QED) is 0.893. The van der Waals surface area contributed by atoms with Crippen molar-refractivity contribution in [3.63, 3.8) is 0 Å². The van der Waals surface area contributed by atoms with Crippen molar-refractivity contribution in [3.8, 4) is 0 Å². The first-order valence-electron chi connectivity index (χ1n) is 7.29. The average Bonchev–Trinajstić information content (AvgIpc) is 2.48. The first kappa shape index (κ1) is 16.8. The molecule has 118 valence electrons. The molecule has 2 unspecified atom stereocenters. The molecule has 1 heterocycles. The van der Waals surface area contributed by atoms with Crippen LogP contribution in [0.1, 0.15) is 24.1 Å². The lowest BCUT2D eigenvalue weighted by Crippen LogP contribution is -2.50. The molecule has 0 aliphatic carbocycles. The van der Waals surface area contributed by atoms with Crippen molar-refractivity contribution in [1.82, 2.24) is 4.90 Å². The van der Waals surface area contributed by atoms with Crippen LogP contribution in [-0.4, -0.2) is 49.0 Å². The average molecular weight is 329 g/mol. The second-order valence-corrected chi connectivity index (χ2v) is 9.09. The number of nitrogens with zero attached hydrogens (tertiary/aromatic N) is 1. The number of hydrogen-bond acceptors (Lipinski definition) is 5. The van der Waals surface area contributed by atoms with E-state index < -0.39 is 15.2 Å². The zero-order valence-electron chi connectivity index (χ0n) is 12.7. The van der Waals surface area contributed by atoms with Crippen molar-refractivity contribution < 1.29 is 8.42 Å². The molecule has 2 N–H and O–H groups in total. The van der Waals surface area contributed by atoms with E-state index in [4.69, 9.17) is 5.73 Å². The summed E-state index contributed by atoms with van der Waals surface area (Å²) in [6, 6.07) is 8.00. The third kappa shape index (κ3) is 4.22. The molecule has 0 saturated carbocycles. The molecule has 1 aromatic carbocycles. The van der Waals surface area contributed by atoms with Gasteiger partial charge in [-0.2, -0.15) is 11.8 Å². The number of aryl methyl sites for hydroxylation is 1. The van der Waals surface area contributed by atoms with Gasteiger partial charge in [-0.3, -0.25) is 4.90 Å². The number of nitrogens with two attached hydrogens (primary N) is 1. The lowest BCUT2D eigenvalue weighted by atomic mass is 10.1. The Balaban J connectivity index is 2.10. The maximum Gasteiger partial charge on any atom is 0.166 e. The van der Waals surface area contributed by atoms with Crippen molar-refractivity contribution in [3.05, 3.63) is 35.4 Å². The third-order valence-electron chi connectivity index (χ3n) is 3.94. The van der Waals surface area contributed by atoms with Crippen molar-refractivity contribution in [2.45, 2.75) is 25.3 Å². The first-order chi connectivity index (χ1) is 9.94. The van der Waals surface area contributed by atoms with E-state index in [1.807, 2.05) is 36.1 Å². The second-order valence-electron chi connectivity index (χ2n) is 5.49. The molecule has 1 aliphatic heterocycles. The van der Waals surface area contributed by atoms with Crippen LogP contribution in [0.5, 0.6) is 0 Å². The van der Waals surface area contributed by atoms with Crippen LogP contribution in [0.25, 0.3) is 0 Å². The summed E-state index contributed by atoms with van der Waals surface area (Å²) in [4.78, 5) is 2.04. The normalized spacial score (nSPS) is 22.1. The van der Waals surface area contributed by atoms with Gasteiger partial charge in [0.1, 0.15) is 5.37 Å². The first-order valence-corrected chi connectivity index (χ1v) is 10.2. The highest BCUT2D eigenvalue weighted by atomic mass is 32.2. The van der Waals surface area contributed by atoms with Gasteiger partial charge in [-0.1, -0.05) is 36.8 Å². The summed E-state index contributed by atoms with van der Waals surface area (Å²) in [6.45, 7) is 5.13. The molecular formula is C15H24N2O2S2. The Bertz CT molecular complexity index is 558. The molecule has 0 radical (unpaired) electrons. The predicted octanol–water partition coefficient (Wildman–Crippen LogP) is 1.80. The number of hydrogen-bond donors (Lipinski definition) is 1. The van der Waals surface area contributed by atoms with Crippen molar-refractivity contribution >= 4 is 21.6 Å². The molecule has 0 aromatic heterocycles. The molecule has 1 fully saturated rings. The van der Waals surface area contributed by atoms with Crippen LogP contribution in [0, 0.1) is 6.92 Å². The molecule has 2 atom stereocenters. The van der Waals surface area contributed by atoms with E-state index in [1.54, 1.807) is 18.7 Å². The van der Waals surface area contributed by atoms with Gasteiger partial charge in [0.05, 0.1) is 0 Å². The summed E-state index contributed by atoms with van der Waals surface area (Å²) in [5.74, 6) is 1.81. The zero-order valence-corrected chi connectivity index (χ0v) is 14.3. The van der Waals surface area contributed by atoms with Gasteiger partial charge in [0, 0.05) is 36.4 Å². The molecular weight excluding hydrogens is 304 g/mol. The van der Waals surface area contributed by atoms with Crippen LogP contribution in [0.15, 0.2) is 24.3 Å². The van der Waals surface area contributed by atoms with Gasteiger partial charge >= 0.3 is 0 Å². The van der Waals surface area contributed by atoms with Gasteiger partial charge in [-0.25, -0.2) is 8.42 Å². The van der Waals surface area contributed by atoms with E-state index in [9.17, 15) is 8.42 Å². The molecule has 1 saturated heterocycles. The van der Waals surface area contributed by atoms with Gasteiger partial charge in [0.2, 0.25) is 0 Å². The summed E-state index contributed by atoms with van der Waals surface area (Å²) in [5, 5.41) is -0.391. The molecule has 2 rings (SSSR count). The van der Waals surface area contributed by atoms with Crippen molar-refractivity contribution in [1.29, 1.82) is 0 Å². The number of rotatable bonds is 5. The SMILES string of the molecule is CCS(=O)(=O)C1CSCCN1CC(N)c1ccc(C)cc1. The molecule has 1 aliphatic rings. The summed E-state index contributed by atoms with van der Waals surface area (Å²) in [7, 11) is -3.06. The van der Waals surface area contributed by atoms with Crippen molar-refractivity contribution in [2.75, 3.05) is 30.3 Å². The fourth-order valence-electron chi connectivity index (χ4n) is 2.52. The Morgan fingerprint density at radius 1 is 1.38 bits per heavy atom. The Labute approximate surface area is 132 Å². The van der Waals surface area contributed by atoms with Crippen LogP contribution in [0.2, 0.25) is 0 Å². The standard InChI is InChI=1S/C15H24N2O2S2/c1-3-21(18,19)15-11-20-9-8-17(15)10-14(16)13-6-4-12(2)5-7-13/h4-7,14-15H,3,8-11,16H2,1-2H3. The van der Waals surface area contributed by atoms with Crippen LogP contribution in [0.3, 0.4) is 0 Å². The second kappa shape index (κ2) is 7.13. The van der Waals surface area contributed by atoms with Crippen LogP contribution in [0.4, 0.5) is 0 Å². The van der Waals surface area contributed by atoms with E-state index in [0.29, 0.717) is 12.3 Å². The fourth-order valence-corrected chi connectivity index (χ4v) is 5.61. The fraction of sp³-hybridized carbons (Fsp3) is 0.600. The number of thioether (sulfide) groups is 1. The Hall–Kier alpha value is -0.560. The van der Waals surface area contributed by atoms with Crippen LogP contribution >= 0.6 is 11.8 Å². The van der Waals surface area contributed by atoms with Crippen LogP contribution in [-0.2, 0) is 9.84 Å². The monoisotopic (exact) mass is 328 g/mol. The molecule has 6 heteroatoms. The van der Waals surface area contributed by atoms with Gasteiger partial charge in [-0.05, 0) is 12.5 Å². The summed E-state index contributed by atoms with van der Waals surface area (Å²) < 4.78 is 24.5. The van der Waals surface area contributed by atoms with Gasteiger partial charge in [0.25, 0.3) is 0 Å². The number of sulfone groups is 1.